The van der Waals surface area contributed by atoms with Gasteiger partial charge in [0, 0.05) is 6.04 Å². The second kappa shape index (κ2) is 7.27. The molecule has 0 amide bonds. The van der Waals surface area contributed by atoms with Crippen LogP contribution in [0.15, 0.2) is 36.4 Å². The average molecular weight is 344 g/mol. The first-order valence-corrected chi connectivity index (χ1v) is 7.93. The number of nitrogens with one attached hydrogen (secondary N) is 1. The van der Waals surface area contributed by atoms with Crippen molar-refractivity contribution >= 4 is 40.5 Å². The summed E-state index contributed by atoms with van der Waals surface area (Å²) in [6.07, 6.45) is 0. The highest BCUT2D eigenvalue weighted by atomic mass is 35.5. The molecule has 1 aromatic carbocycles. The first-order valence-electron chi connectivity index (χ1n) is 6.36. The molecule has 0 spiro atoms. The van der Waals surface area contributed by atoms with E-state index in [4.69, 9.17) is 27.9 Å². The second-order valence-corrected chi connectivity index (χ2v) is 6.82. The van der Waals surface area contributed by atoms with Crippen LogP contribution >= 0.6 is 34.5 Å². The van der Waals surface area contributed by atoms with E-state index in [1.165, 1.54) is 18.4 Å². The predicted octanol–water partition coefficient (Wildman–Crippen LogP) is 4.62. The number of esters is 1. The van der Waals surface area contributed by atoms with Gasteiger partial charge in [-0.05, 0) is 24.1 Å². The van der Waals surface area contributed by atoms with Gasteiger partial charge in [-0.15, -0.1) is 11.3 Å². The number of carbonyl (C=O) groups excluding carboxylic acids is 1. The van der Waals surface area contributed by atoms with Crippen LogP contribution in [-0.4, -0.2) is 13.1 Å². The minimum atomic E-state index is -0.555. The van der Waals surface area contributed by atoms with Crippen molar-refractivity contribution in [2.45, 2.75) is 19.0 Å². The van der Waals surface area contributed by atoms with Crippen molar-refractivity contribution in [2.24, 2.45) is 0 Å². The Hall–Kier alpha value is -1.07. The summed E-state index contributed by atoms with van der Waals surface area (Å²) in [4.78, 5) is 12.0. The molecule has 0 bridgehead atoms. The molecule has 0 aliphatic rings. The summed E-state index contributed by atoms with van der Waals surface area (Å²) in [7, 11) is 1.37. The van der Waals surface area contributed by atoms with Crippen molar-refractivity contribution in [3.8, 4) is 0 Å². The molecular weight excluding hydrogens is 329 g/mol. The van der Waals surface area contributed by atoms with Crippen LogP contribution in [-0.2, 0) is 9.53 Å². The van der Waals surface area contributed by atoms with E-state index in [1.54, 1.807) is 0 Å². The summed E-state index contributed by atoms with van der Waals surface area (Å²) in [6, 6.07) is 10.5. The normalized spacial score (nSPS) is 13.7. The van der Waals surface area contributed by atoms with Crippen LogP contribution in [0.2, 0.25) is 8.67 Å². The number of ether oxygens (including phenoxy) is 1. The fourth-order valence-corrected chi connectivity index (χ4v) is 3.70. The fourth-order valence-electron chi connectivity index (χ4n) is 2.05. The van der Waals surface area contributed by atoms with E-state index in [-0.39, 0.29) is 12.0 Å². The Bertz CT molecular complexity index is 615. The van der Waals surface area contributed by atoms with E-state index in [2.05, 4.69) is 5.32 Å². The van der Waals surface area contributed by atoms with E-state index in [9.17, 15) is 4.79 Å². The maximum Gasteiger partial charge on any atom is 0.327 e. The van der Waals surface area contributed by atoms with E-state index in [0.29, 0.717) is 8.67 Å². The third kappa shape index (κ3) is 3.98. The number of methoxy groups -OCH3 is 1. The molecule has 2 unspecified atom stereocenters. The van der Waals surface area contributed by atoms with Crippen molar-refractivity contribution in [3.63, 3.8) is 0 Å². The smallest absolute Gasteiger partial charge is 0.327 e. The Balaban J connectivity index is 2.23. The van der Waals surface area contributed by atoms with Gasteiger partial charge in [0.1, 0.15) is 6.04 Å². The molecule has 0 saturated carbocycles. The molecule has 1 N–H and O–H groups in total. The van der Waals surface area contributed by atoms with Crippen molar-refractivity contribution in [1.82, 2.24) is 5.32 Å². The lowest BCUT2D eigenvalue weighted by molar-refractivity contribution is -0.143. The minimum absolute atomic E-state index is 0.134. The molecular formula is C15H15Cl2NO2S. The molecule has 1 heterocycles. The Morgan fingerprint density at radius 1 is 1.29 bits per heavy atom. The number of rotatable bonds is 5. The maximum atomic E-state index is 12.0. The second-order valence-electron chi connectivity index (χ2n) is 4.53. The molecule has 0 saturated heterocycles. The molecule has 3 nitrogen and oxygen atoms in total. The topological polar surface area (TPSA) is 38.3 Å². The van der Waals surface area contributed by atoms with E-state index >= 15 is 0 Å². The van der Waals surface area contributed by atoms with Gasteiger partial charge < -0.3 is 4.74 Å². The van der Waals surface area contributed by atoms with Gasteiger partial charge in [-0.2, -0.15) is 0 Å². The minimum Gasteiger partial charge on any atom is -0.468 e. The quantitative estimate of drug-likeness (QED) is 0.805. The van der Waals surface area contributed by atoms with Crippen LogP contribution in [0.25, 0.3) is 0 Å². The highest BCUT2D eigenvalue weighted by Gasteiger charge is 2.25. The standard InChI is InChI=1S/C15H15Cl2NO2S/c1-9(11-8-12(16)21-14(11)17)18-13(15(19)20-2)10-6-4-3-5-7-10/h3-9,13,18H,1-2H3. The van der Waals surface area contributed by atoms with Crippen LogP contribution in [0.4, 0.5) is 0 Å². The van der Waals surface area contributed by atoms with Gasteiger partial charge in [0.05, 0.1) is 15.8 Å². The number of hydrogen-bond acceptors (Lipinski definition) is 4. The SMILES string of the molecule is COC(=O)C(NC(C)c1cc(Cl)sc1Cl)c1ccccc1. The van der Waals surface area contributed by atoms with Crippen LogP contribution in [0.1, 0.15) is 30.1 Å². The summed E-state index contributed by atoms with van der Waals surface area (Å²) in [5, 5.41) is 3.24. The molecule has 6 heteroatoms. The Morgan fingerprint density at radius 2 is 1.95 bits per heavy atom. The zero-order valence-corrected chi connectivity index (χ0v) is 13.9. The number of halogens is 2. The van der Waals surface area contributed by atoms with E-state index in [0.717, 1.165) is 11.1 Å². The zero-order chi connectivity index (χ0) is 15.4. The van der Waals surface area contributed by atoms with Crippen LogP contribution in [0.5, 0.6) is 0 Å². The van der Waals surface area contributed by atoms with Gasteiger partial charge in [0.25, 0.3) is 0 Å². The Labute approximate surface area is 137 Å². The maximum absolute atomic E-state index is 12.0. The lowest BCUT2D eigenvalue weighted by Gasteiger charge is -2.21. The molecule has 0 fully saturated rings. The number of carbonyl (C=O) groups is 1. The largest absolute Gasteiger partial charge is 0.468 e. The van der Waals surface area contributed by atoms with Gasteiger partial charge in [-0.25, -0.2) is 4.79 Å². The van der Waals surface area contributed by atoms with Gasteiger partial charge in [0.2, 0.25) is 0 Å². The van der Waals surface area contributed by atoms with Gasteiger partial charge in [-0.3, -0.25) is 5.32 Å². The lowest BCUT2D eigenvalue weighted by atomic mass is 10.0. The van der Waals surface area contributed by atoms with Crippen molar-refractivity contribution < 1.29 is 9.53 Å². The molecule has 21 heavy (non-hydrogen) atoms. The molecule has 2 aromatic rings. The molecule has 0 aliphatic heterocycles. The Kier molecular flexibility index (Phi) is 5.65. The fraction of sp³-hybridized carbons (Fsp3) is 0.267. The van der Waals surface area contributed by atoms with Gasteiger partial charge in [-0.1, -0.05) is 53.5 Å². The van der Waals surface area contributed by atoms with Crippen molar-refractivity contribution in [1.29, 1.82) is 0 Å². The van der Waals surface area contributed by atoms with Crippen molar-refractivity contribution in [3.05, 3.63) is 56.2 Å². The third-order valence-electron chi connectivity index (χ3n) is 3.14. The van der Waals surface area contributed by atoms with Gasteiger partial charge in [0.15, 0.2) is 0 Å². The number of hydrogen-bond donors (Lipinski definition) is 1. The first kappa shape index (κ1) is 16.3. The monoisotopic (exact) mass is 343 g/mol. The Morgan fingerprint density at radius 3 is 2.48 bits per heavy atom. The average Bonchev–Trinajstić information content (AvgIpc) is 2.83. The van der Waals surface area contributed by atoms with E-state index < -0.39 is 6.04 Å². The molecule has 2 atom stereocenters. The molecule has 0 aliphatic carbocycles. The van der Waals surface area contributed by atoms with Gasteiger partial charge >= 0.3 is 5.97 Å². The summed E-state index contributed by atoms with van der Waals surface area (Å²) >= 11 is 13.4. The number of thiophene rings is 1. The lowest BCUT2D eigenvalue weighted by Crippen LogP contribution is -2.31. The highest BCUT2D eigenvalue weighted by molar-refractivity contribution is 7.20. The van der Waals surface area contributed by atoms with Crippen LogP contribution in [0, 0.1) is 0 Å². The van der Waals surface area contributed by atoms with Crippen LogP contribution < -0.4 is 5.32 Å². The molecule has 0 radical (unpaired) electrons. The summed E-state index contributed by atoms with van der Waals surface area (Å²) in [6.45, 7) is 1.93. The zero-order valence-electron chi connectivity index (χ0n) is 11.6. The summed E-state index contributed by atoms with van der Waals surface area (Å²) in [5.41, 5.74) is 1.71. The summed E-state index contributed by atoms with van der Waals surface area (Å²) in [5.74, 6) is -0.342. The summed E-state index contributed by atoms with van der Waals surface area (Å²) < 4.78 is 6.13. The predicted molar refractivity (Wildman–Crippen MR) is 87.1 cm³/mol. The molecule has 1 aromatic heterocycles. The first-order chi connectivity index (χ1) is 10.0. The third-order valence-corrected chi connectivity index (χ3v) is 4.65. The van der Waals surface area contributed by atoms with E-state index in [1.807, 2.05) is 43.3 Å². The van der Waals surface area contributed by atoms with Crippen molar-refractivity contribution in [2.75, 3.05) is 7.11 Å². The van der Waals surface area contributed by atoms with Crippen LogP contribution in [0.3, 0.4) is 0 Å². The molecule has 112 valence electrons. The highest BCUT2D eigenvalue weighted by Crippen LogP contribution is 2.35. The number of benzene rings is 1. The molecule has 2 rings (SSSR count).